The van der Waals surface area contributed by atoms with Gasteiger partial charge in [-0.05, 0) is 47.3 Å². The molecule has 0 nitrogen and oxygen atoms in total. The van der Waals surface area contributed by atoms with Crippen LogP contribution in [0.4, 0.5) is 0 Å². The molecule has 1 heteroatoms. The Labute approximate surface area is 210 Å². The number of unbranched alkanes of at least 4 members (excludes halogenated alkanes) is 18. The third-order valence-electron chi connectivity index (χ3n) is 7.36. The van der Waals surface area contributed by atoms with Crippen LogP contribution in [0.15, 0.2) is 21.8 Å². The van der Waals surface area contributed by atoms with Gasteiger partial charge in [0.05, 0.1) is 0 Å². The van der Waals surface area contributed by atoms with E-state index in [9.17, 15) is 0 Å². The van der Waals surface area contributed by atoms with E-state index in [0.29, 0.717) is 5.41 Å². The van der Waals surface area contributed by atoms with E-state index in [-0.39, 0.29) is 0 Å². The number of rotatable bonds is 22. The van der Waals surface area contributed by atoms with Crippen LogP contribution in [0.3, 0.4) is 0 Å². The van der Waals surface area contributed by atoms with Gasteiger partial charge in [0.2, 0.25) is 0 Å². The monoisotopic (exact) mass is 542 g/mol. The third kappa shape index (κ3) is 16.5. The summed E-state index contributed by atoms with van der Waals surface area (Å²) in [5.74, 6) is 0. The number of hydrogen-bond acceptors (Lipinski definition) is 0. The first-order valence-corrected chi connectivity index (χ1v) is 15.4. The predicted molar refractivity (Wildman–Crippen MR) is 151 cm³/mol. The highest BCUT2D eigenvalue weighted by Crippen LogP contribution is 2.41. The Kier molecular flexibility index (Phi) is 19.6. The molecule has 0 heterocycles. The second-order valence-corrected chi connectivity index (χ2v) is 11.6. The molecule has 0 aliphatic heterocycles. The molecule has 1 aliphatic carbocycles. The van der Waals surface area contributed by atoms with E-state index in [1.54, 1.807) is 0 Å². The molecule has 0 saturated carbocycles. The number of hydrogen-bond donors (Lipinski definition) is 0. The Bertz CT molecular complexity index is 423. The average Bonchev–Trinajstić information content (AvgIpc) is 2.78. The van der Waals surface area contributed by atoms with Gasteiger partial charge in [-0.25, -0.2) is 0 Å². The molecule has 0 fully saturated rings. The van der Waals surface area contributed by atoms with Crippen molar-refractivity contribution in [2.75, 3.05) is 0 Å². The van der Waals surface area contributed by atoms with Crippen molar-refractivity contribution >= 4 is 22.6 Å². The van der Waals surface area contributed by atoms with Gasteiger partial charge in [0, 0.05) is 3.58 Å². The predicted octanol–water partition coefficient (Wildman–Crippen LogP) is 11.9. The zero-order valence-corrected chi connectivity index (χ0v) is 23.5. The van der Waals surface area contributed by atoms with Crippen LogP contribution in [0.25, 0.3) is 0 Å². The fraction of sp³-hybridized carbons (Fsp3) is 0.867. The highest BCUT2D eigenvalue weighted by atomic mass is 127. The fourth-order valence-electron chi connectivity index (χ4n) is 5.12. The standard InChI is InChI=1S/C30H55I/c1-3-5-7-9-11-13-15-17-19-21-25-30(27-23-29(31)24-28-30)26-22-20-18-16-14-12-10-8-6-4-2/h23-24,27H,3-22,25-26,28H2,1-2H3. The first-order valence-electron chi connectivity index (χ1n) is 14.3. The van der Waals surface area contributed by atoms with Gasteiger partial charge in [-0.15, -0.1) is 0 Å². The molecular weight excluding hydrogens is 487 g/mol. The van der Waals surface area contributed by atoms with Crippen molar-refractivity contribution in [3.8, 4) is 0 Å². The lowest BCUT2D eigenvalue weighted by atomic mass is 9.73. The Hall–Kier alpha value is 0.210. The molecule has 0 spiro atoms. The molecule has 0 atom stereocenters. The van der Waals surface area contributed by atoms with Crippen molar-refractivity contribution < 1.29 is 0 Å². The third-order valence-corrected chi connectivity index (χ3v) is 8.16. The molecule has 0 radical (unpaired) electrons. The molecule has 0 aromatic carbocycles. The molecule has 1 aliphatic rings. The van der Waals surface area contributed by atoms with Crippen LogP contribution in [0.1, 0.15) is 162 Å². The summed E-state index contributed by atoms with van der Waals surface area (Å²) in [4.78, 5) is 0. The molecule has 0 bridgehead atoms. The van der Waals surface area contributed by atoms with E-state index in [4.69, 9.17) is 0 Å². The molecular formula is C30H55I. The van der Waals surface area contributed by atoms with Gasteiger partial charge in [-0.3, -0.25) is 0 Å². The first kappa shape index (κ1) is 29.2. The quantitative estimate of drug-likeness (QED) is 0.0943. The summed E-state index contributed by atoms with van der Waals surface area (Å²) in [5.41, 5.74) is 0.481. The molecule has 1 rings (SSSR count). The Morgan fingerprint density at radius 2 is 0.935 bits per heavy atom. The minimum absolute atomic E-state index is 0.481. The van der Waals surface area contributed by atoms with Crippen LogP contribution in [0.5, 0.6) is 0 Å². The highest BCUT2D eigenvalue weighted by molar-refractivity contribution is 14.1. The Balaban J connectivity index is 2.11. The van der Waals surface area contributed by atoms with Crippen molar-refractivity contribution in [2.24, 2.45) is 5.41 Å². The van der Waals surface area contributed by atoms with E-state index in [2.05, 4.69) is 54.7 Å². The van der Waals surface area contributed by atoms with Crippen LogP contribution in [0.2, 0.25) is 0 Å². The number of allylic oxidation sites excluding steroid dienone is 4. The van der Waals surface area contributed by atoms with Gasteiger partial charge in [-0.1, -0.05) is 160 Å². The average molecular weight is 543 g/mol. The topological polar surface area (TPSA) is 0 Å². The molecule has 0 unspecified atom stereocenters. The van der Waals surface area contributed by atoms with Gasteiger partial charge in [-0.2, -0.15) is 0 Å². The highest BCUT2D eigenvalue weighted by Gasteiger charge is 2.26. The molecule has 0 amide bonds. The maximum absolute atomic E-state index is 2.59. The normalized spacial score (nSPS) is 15.4. The van der Waals surface area contributed by atoms with Gasteiger partial charge >= 0.3 is 0 Å². The van der Waals surface area contributed by atoms with Gasteiger partial charge in [0.1, 0.15) is 0 Å². The maximum atomic E-state index is 2.59. The van der Waals surface area contributed by atoms with Crippen LogP contribution in [-0.2, 0) is 0 Å². The summed E-state index contributed by atoms with van der Waals surface area (Å²) in [6.45, 7) is 4.61. The molecule has 31 heavy (non-hydrogen) atoms. The lowest BCUT2D eigenvalue weighted by Gasteiger charge is -2.32. The smallest absolute Gasteiger partial charge is 0.00873 e. The van der Waals surface area contributed by atoms with E-state index < -0.39 is 0 Å². The zero-order chi connectivity index (χ0) is 22.5. The fourth-order valence-corrected chi connectivity index (χ4v) is 5.52. The molecule has 0 aromatic rings. The minimum atomic E-state index is 0.481. The van der Waals surface area contributed by atoms with E-state index >= 15 is 0 Å². The molecule has 0 saturated heterocycles. The Morgan fingerprint density at radius 3 is 1.26 bits per heavy atom. The summed E-state index contributed by atoms with van der Waals surface area (Å²) in [6.07, 6.45) is 40.5. The minimum Gasteiger partial charge on any atom is -0.0770 e. The SMILES string of the molecule is CCCCCCCCCCCCC1(CCCCCCCCCCCC)C=CC(I)=CC1. The van der Waals surface area contributed by atoms with Crippen molar-refractivity contribution in [2.45, 2.75) is 162 Å². The second kappa shape index (κ2) is 20.8. The lowest BCUT2D eigenvalue weighted by molar-refractivity contribution is 0.296. The second-order valence-electron chi connectivity index (χ2n) is 10.4. The van der Waals surface area contributed by atoms with Crippen LogP contribution < -0.4 is 0 Å². The van der Waals surface area contributed by atoms with Crippen molar-refractivity contribution in [3.63, 3.8) is 0 Å². The largest absolute Gasteiger partial charge is 0.0770 e. The van der Waals surface area contributed by atoms with Crippen LogP contribution in [-0.4, -0.2) is 0 Å². The summed E-state index contributed by atoms with van der Waals surface area (Å²) >= 11 is 2.49. The van der Waals surface area contributed by atoms with Crippen LogP contribution >= 0.6 is 22.6 Å². The van der Waals surface area contributed by atoms with Gasteiger partial charge in [0.15, 0.2) is 0 Å². The van der Waals surface area contributed by atoms with Crippen molar-refractivity contribution in [1.29, 1.82) is 0 Å². The lowest BCUT2D eigenvalue weighted by Crippen LogP contribution is -2.19. The Morgan fingerprint density at radius 1 is 0.581 bits per heavy atom. The summed E-state index contributed by atoms with van der Waals surface area (Å²) < 4.78 is 1.44. The molecule has 182 valence electrons. The van der Waals surface area contributed by atoms with E-state index in [0.717, 1.165) is 0 Å². The van der Waals surface area contributed by atoms with Gasteiger partial charge < -0.3 is 0 Å². The van der Waals surface area contributed by atoms with Crippen LogP contribution in [0, 0.1) is 5.41 Å². The van der Waals surface area contributed by atoms with Crippen molar-refractivity contribution in [3.05, 3.63) is 21.8 Å². The summed E-state index contributed by atoms with van der Waals surface area (Å²) in [7, 11) is 0. The summed E-state index contributed by atoms with van der Waals surface area (Å²) in [5, 5.41) is 0. The molecule has 0 aromatic heterocycles. The van der Waals surface area contributed by atoms with E-state index in [1.807, 2.05) is 0 Å². The van der Waals surface area contributed by atoms with Gasteiger partial charge in [0.25, 0.3) is 0 Å². The first-order chi connectivity index (χ1) is 15.2. The maximum Gasteiger partial charge on any atom is 0.00873 e. The number of halogens is 1. The van der Waals surface area contributed by atoms with Crippen molar-refractivity contribution in [1.82, 2.24) is 0 Å². The van der Waals surface area contributed by atoms with E-state index in [1.165, 1.54) is 151 Å². The molecule has 0 N–H and O–H groups in total. The zero-order valence-electron chi connectivity index (χ0n) is 21.4. The summed E-state index contributed by atoms with van der Waals surface area (Å²) in [6, 6.07) is 0.